The van der Waals surface area contributed by atoms with Crippen LogP contribution >= 0.6 is 0 Å². The molecule has 0 aliphatic heterocycles. The summed E-state index contributed by atoms with van der Waals surface area (Å²) in [5.74, 6) is 1.46. The van der Waals surface area contributed by atoms with E-state index in [1.165, 1.54) is 0 Å². The lowest BCUT2D eigenvalue weighted by Crippen LogP contribution is -2.07. The Bertz CT molecular complexity index is 289. The highest BCUT2D eigenvalue weighted by Crippen LogP contribution is 2.21. The summed E-state index contributed by atoms with van der Waals surface area (Å²) < 4.78 is 5.42. The Hall–Kier alpha value is -1.05. The summed E-state index contributed by atoms with van der Waals surface area (Å²) in [4.78, 5) is 11.4. The molecule has 1 rings (SSSR count). The lowest BCUT2D eigenvalue weighted by molar-refractivity contribution is -0.119. The number of carbonyl (C=O) groups is 1. The van der Waals surface area contributed by atoms with Crippen LogP contribution < -0.4 is 0 Å². The van der Waals surface area contributed by atoms with E-state index in [1.54, 1.807) is 0 Å². The average molecular weight is 235 g/mol. The van der Waals surface area contributed by atoms with Crippen molar-refractivity contribution < 1.29 is 9.53 Å². The summed E-state index contributed by atoms with van der Waals surface area (Å²) in [5.41, 5.74) is 0. The van der Waals surface area contributed by atoms with Gasteiger partial charge in [0.2, 0.25) is 0 Å². The Morgan fingerprint density at radius 2 is 2.29 bits per heavy atom. The van der Waals surface area contributed by atoms with Gasteiger partial charge < -0.3 is 11.3 Å². The lowest BCUT2D eigenvalue weighted by Gasteiger charge is -2.21. The third-order valence-electron chi connectivity index (χ3n) is 2.94. The van der Waals surface area contributed by atoms with Gasteiger partial charge >= 0.3 is 0 Å². The van der Waals surface area contributed by atoms with E-state index in [0.717, 1.165) is 25.7 Å². The van der Waals surface area contributed by atoms with Crippen molar-refractivity contribution in [3.8, 4) is 0 Å². The fourth-order valence-electron chi connectivity index (χ4n) is 2.03. The van der Waals surface area contributed by atoms with E-state index < -0.39 is 0 Å². The van der Waals surface area contributed by atoms with Gasteiger partial charge in [-0.05, 0) is 45.4 Å². The zero-order valence-electron chi connectivity index (χ0n) is 10.9. The van der Waals surface area contributed by atoms with E-state index in [-0.39, 0.29) is 6.10 Å². The van der Waals surface area contributed by atoms with Gasteiger partial charge in [-0.25, -0.2) is 0 Å². The molecule has 0 bridgehead atoms. The molecule has 0 N–H and O–H groups in total. The number of hydrogen-bond donors (Lipinski definition) is 0. The van der Waals surface area contributed by atoms with E-state index in [2.05, 4.69) is 12.2 Å². The SMILES string of the molecule is [CH-]=C(CCC1C=CCCC(=O)CC1)OC(C)C. The minimum atomic E-state index is 0.143. The molecule has 0 aromatic rings. The third kappa shape index (κ3) is 6.30. The first-order valence-corrected chi connectivity index (χ1v) is 6.54. The fraction of sp³-hybridized carbons (Fsp3) is 0.667. The van der Waals surface area contributed by atoms with Gasteiger partial charge in [-0.3, -0.25) is 4.79 Å². The summed E-state index contributed by atoms with van der Waals surface area (Å²) in [6.07, 6.45) is 9.50. The normalized spacial score (nSPS) is 21.1. The second-order valence-corrected chi connectivity index (χ2v) is 4.98. The number of allylic oxidation sites excluding steroid dienone is 3. The van der Waals surface area contributed by atoms with Crippen molar-refractivity contribution in [3.63, 3.8) is 0 Å². The van der Waals surface area contributed by atoms with Crippen LogP contribution in [-0.4, -0.2) is 11.9 Å². The molecule has 1 aliphatic carbocycles. The van der Waals surface area contributed by atoms with Crippen molar-refractivity contribution in [2.24, 2.45) is 5.92 Å². The molecule has 1 unspecified atom stereocenters. The van der Waals surface area contributed by atoms with Gasteiger partial charge in [0.15, 0.2) is 0 Å². The van der Waals surface area contributed by atoms with Crippen molar-refractivity contribution in [2.45, 2.75) is 58.5 Å². The smallest absolute Gasteiger partial charge is 0.133 e. The van der Waals surface area contributed by atoms with Gasteiger partial charge in [0, 0.05) is 12.8 Å². The molecule has 0 spiro atoms. The molecule has 2 nitrogen and oxygen atoms in total. The highest BCUT2D eigenvalue weighted by molar-refractivity contribution is 5.78. The second-order valence-electron chi connectivity index (χ2n) is 4.98. The number of ketones is 1. The number of ether oxygens (including phenoxy) is 1. The Balaban J connectivity index is 2.32. The lowest BCUT2D eigenvalue weighted by atomic mass is 9.92. The van der Waals surface area contributed by atoms with Crippen LogP contribution in [0.3, 0.4) is 0 Å². The Kier molecular flexibility index (Phi) is 6.03. The molecule has 17 heavy (non-hydrogen) atoms. The molecule has 0 heterocycles. The van der Waals surface area contributed by atoms with Crippen LogP contribution in [0.2, 0.25) is 0 Å². The van der Waals surface area contributed by atoms with Gasteiger partial charge in [-0.2, -0.15) is 0 Å². The number of Topliss-reactive ketones (excluding diaryl/α,β-unsaturated/α-hetero) is 1. The first-order valence-electron chi connectivity index (χ1n) is 6.54. The van der Waals surface area contributed by atoms with Crippen LogP contribution in [0.15, 0.2) is 17.9 Å². The largest absolute Gasteiger partial charge is 0.532 e. The molecule has 0 fully saturated rings. The highest BCUT2D eigenvalue weighted by atomic mass is 16.5. The molecule has 96 valence electrons. The predicted molar refractivity (Wildman–Crippen MR) is 69.4 cm³/mol. The van der Waals surface area contributed by atoms with E-state index in [1.807, 2.05) is 13.8 Å². The molecule has 1 aliphatic rings. The van der Waals surface area contributed by atoms with Crippen molar-refractivity contribution in [2.75, 3.05) is 0 Å². The van der Waals surface area contributed by atoms with E-state index >= 15 is 0 Å². The van der Waals surface area contributed by atoms with Crippen molar-refractivity contribution in [1.29, 1.82) is 0 Å². The van der Waals surface area contributed by atoms with E-state index in [9.17, 15) is 4.79 Å². The first-order chi connectivity index (χ1) is 8.08. The topological polar surface area (TPSA) is 26.3 Å². The zero-order chi connectivity index (χ0) is 12.7. The Labute approximate surface area is 105 Å². The fourth-order valence-corrected chi connectivity index (χ4v) is 2.03. The highest BCUT2D eigenvalue weighted by Gasteiger charge is 2.11. The molecule has 2 heteroatoms. The number of rotatable bonds is 5. The quantitative estimate of drug-likeness (QED) is 0.411. The summed E-state index contributed by atoms with van der Waals surface area (Å²) in [6, 6.07) is 0. The Morgan fingerprint density at radius 3 is 3.00 bits per heavy atom. The summed E-state index contributed by atoms with van der Waals surface area (Å²) in [6.45, 7) is 9.74. The van der Waals surface area contributed by atoms with Crippen LogP contribution in [-0.2, 0) is 9.53 Å². The van der Waals surface area contributed by atoms with Crippen LogP contribution in [0.25, 0.3) is 0 Å². The van der Waals surface area contributed by atoms with E-state index in [4.69, 9.17) is 11.3 Å². The van der Waals surface area contributed by atoms with Crippen molar-refractivity contribution in [1.82, 2.24) is 0 Å². The van der Waals surface area contributed by atoms with Gasteiger partial charge in [-0.1, -0.05) is 17.9 Å². The molecule has 0 aromatic carbocycles. The van der Waals surface area contributed by atoms with Crippen LogP contribution in [0, 0.1) is 12.5 Å². The number of carbonyl (C=O) groups excluding carboxylic acids is 1. The summed E-state index contributed by atoms with van der Waals surface area (Å²) in [5, 5.41) is 0. The van der Waals surface area contributed by atoms with Crippen LogP contribution in [0.4, 0.5) is 0 Å². The van der Waals surface area contributed by atoms with Crippen LogP contribution in [0.5, 0.6) is 0 Å². The van der Waals surface area contributed by atoms with Gasteiger partial charge in [-0.15, -0.1) is 0 Å². The molecule has 0 saturated heterocycles. The molecular weight excluding hydrogens is 212 g/mol. The maximum absolute atomic E-state index is 11.4. The number of hydrogen-bond acceptors (Lipinski definition) is 2. The second kappa shape index (κ2) is 7.31. The minimum absolute atomic E-state index is 0.143. The molecule has 0 radical (unpaired) electrons. The van der Waals surface area contributed by atoms with Crippen LogP contribution in [0.1, 0.15) is 52.4 Å². The molecule has 0 aromatic heterocycles. The van der Waals surface area contributed by atoms with E-state index in [0.29, 0.717) is 30.3 Å². The van der Waals surface area contributed by atoms with Gasteiger partial charge in [0.25, 0.3) is 0 Å². The molecular formula is C15H23O2-. The monoisotopic (exact) mass is 235 g/mol. The van der Waals surface area contributed by atoms with Gasteiger partial charge in [0.1, 0.15) is 5.78 Å². The average Bonchev–Trinajstić information content (AvgIpc) is 2.22. The molecule has 0 saturated carbocycles. The summed E-state index contributed by atoms with van der Waals surface area (Å²) >= 11 is 0. The summed E-state index contributed by atoms with van der Waals surface area (Å²) in [7, 11) is 0. The third-order valence-corrected chi connectivity index (χ3v) is 2.94. The Morgan fingerprint density at radius 1 is 1.53 bits per heavy atom. The molecule has 0 amide bonds. The maximum atomic E-state index is 11.4. The minimum Gasteiger partial charge on any atom is -0.532 e. The molecule has 1 atom stereocenters. The zero-order valence-corrected chi connectivity index (χ0v) is 10.9. The van der Waals surface area contributed by atoms with Crippen molar-refractivity contribution >= 4 is 5.78 Å². The van der Waals surface area contributed by atoms with Gasteiger partial charge in [0.05, 0.1) is 6.10 Å². The standard InChI is InChI=1S/C15H23O2/c1-12(2)17-13(3)8-9-14-6-4-5-7-15(16)11-10-14/h3-4,6,12,14H,5,7-11H2,1-2H3/q-1. The van der Waals surface area contributed by atoms with Crippen molar-refractivity contribution in [3.05, 3.63) is 24.5 Å². The maximum Gasteiger partial charge on any atom is 0.133 e. The predicted octanol–water partition coefficient (Wildman–Crippen LogP) is 3.82. The first kappa shape index (κ1) is 14.0.